The molecule has 1 unspecified atom stereocenters. The molecular weight excluding hydrogens is 200 g/mol. The monoisotopic (exact) mass is 218 g/mol. The Morgan fingerprint density at radius 3 is 2.69 bits per heavy atom. The third-order valence-electron chi connectivity index (χ3n) is 3.18. The van der Waals surface area contributed by atoms with Crippen molar-refractivity contribution >= 4 is 11.6 Å². The van der Waals surface area contributed by atoms with E-state index in [-0.39, 0.29) is 17.9 Å². The second kappa shape index (κ2) is 4.16. The van der Waals surface area contributed by atoms with Crippen molar-refractivity contribution in [3.63, 3.8) is 0 Å². The van der Waals surface area contributed by atoms with Crippen molar-refractivity contribution in [3.05, 3.63) is 29.8 Å². The van der Waals surface area contributed by atoms with Crippen LogP contribution in [0, 0.1) is 5.92 Å². The first-order valence-electron chi connectivity index (χ1n) is 5.75. The van der Waals surface area contributed by atoms with Gasteiger partial charge in [-0.2, -0.15) is 0 Å². The number of hydrogen-bond donors (Lipinski definition) is 1. The molecule has 1 aliphatic rings. The van der Waals surface area contributed by atoms with E-state index < -0.39 is 0 Å². The number of para-hydroxylation sites is 1. The molecule has 16 heavy (non-hydrogen) atoms. The molecule has 1 aromatic carbocycles. The zero-order chi connectivity index (χ0) is 11.7. The van der Waals surface area contributed by atoms with Crippen LogP contribution in [-0.2, 0) is 11.2 Å². The van der Waals surface area contributed by atoms with E-state index >= 15 is 0 Å². The first kappa shape index (κ1) is 11.0. The highest BCUT2D eigenvalue weighted by Crippen LogP contribution is 2.30. The van der Waals surface area contributed by atoms with Crippen LogP contribution in [0.5, 0.6) is 0 Å². The molecule has 0 saturated carbocycles. The topological polar surface area (TPSA) is 46.3 Å². The standard InChI is InChI=1S/C13H18N2O/c1-9(2)12(13(14)16)15-8-7-10-5-3-4-6-11(10)15/h3-6,9,12H,7-8H2,1-2H3,(H2,14,16). The lowest BCUT2D eigenvalue weighted by molar-refractivity contribution is -0.120. The highest BCUT2D eigenvalue weighted by molar-refractivity contribution is 5.85. The average molecular weight is 218 g/mol. The Labute approximate surface area is 96.2 Å². The zero-order valence-electron chi connectivity index (χ0n) is 9.81. The summed E-state index contributed by atoms with van der Waals surface area (Å²) in [6.07, 6.45) is 1.01. The molecule has 0 aliphatic carbocycles. The second-order valence-corrected chi connectivity index (χ2v) is 4.66. The van der Waals surface area contributed by atoms with Crippen LogP contribution in [0.3, 0.4) is 0 Å². The average Bonchev–Trinajstić information content (AvgIpc) is 2.61. The minimum atomic E-state index is -0.230. The van der Waals surface area contributed by atoms with Gasteiger partial charge in [0.2, 0.25) is 5.91 Å². The molecule has 1 aromatic rings. The molecule has 2 rings (SSSR count). The molecule has 3 heteroatoms. The minimum absolute atomic E-state index is 0.191. The molecule has 0 spiro atoms. The van der Waals surface area contributed by atoms with E-state index in [0.29, 0.717) is 0 Å². The summed E-state index contributed by atoms with van der Waals surface area (Å²) in [7, 11) is 0. The van der Waals surface area contributed by atoms with Crippen LogP contribution in [0.25, 0.3) is 0 Å². The fourth-order valence-corrected chi connectivity index (χ4v) is 2.49. The van der Waals surface area contributed by atoms with Crippen molar-refractivity contribution in [2.45, 2.75) is 26.3 Å². The van der Waals surface area contributed by atoms with Crippen LogP contribution in [0.15, 0.2) is 24.3 Å². The van der Waals surface area contributed by atoms with E-state index in [2.05, 4.69) is 17.0 Å². The van der Waals surface area contributed by atoms with Crippen LogP contribution in [0.1, 0.15) is 19.4 Å². The summed E-state index contributed by atoms with van der Waals surface area (Å²) in [4.78, 5) is 13.7. The van der Waals surface area contributed by atoms with Gasteiger partial charge in [-0.05, 0) is 24.0 Å². The quantitative estimate of drug-likeness (QED) is 0.837. The Morgan fingerprint density at radius 2 is 2.06 bits per heavy atom. The summed E-state index contributed by atoms with van der Waals surface area (Å²) < 4.78 is 0. The van der Waals surface area contributed by atoms with Gasteiger partial charge in [-0.1, -0.05) is 32.0 Å². The fraction of sp³-hybridized carbons (Fsp3) is 0.462. The Kier molecular flexibility index (Phi) is 2.86. The number of amides is 1. The van der Waals surface area contributed by atoms with E-state index in [0.717, 1.165) is 13.0 Å². The number of carbonyl (C=O) groups excluding carboxylic acids is 1. The predicted octanol–water partition coefficient (Wildman–Crippen LogP) is 1.56. The van der Waals surface area contributed by atoms with Crippen molar-refractivity contribution in [2.24, 2.45) is 11.7 Å². The van der Waals surface area contributed by atoms with Crippen LogP contribution in [0.2, 0.25) is 0 Å². The fourth-order valence-electron chi connectivity index (χ4n) is 2.49. The van der Waals surface area contributed by atoms with E-state index in [4.69, 9.17) is 5.73 Å². The van der Waals surface area contributed by atoms with Crippen molar-refractivity contribution in [2.75, 3.05) is 11.4 Å². The minimum Gasteiger partial charge on any atom is -0.368 e. The van der Waals surface area contributed by atoms with Gasteiger partial charge < -0.3 is 10.6 Å². The van der Waals surface area contributed by atoms with Crippen molar-refractivity contribution in [3.8, 4) is 0 Å². The molecule has 1 heterocycles. The third-order valence-corrected chi connectivity index (χ3v) is 3.18. The van der Waals surface area contributed by atoms with E-state index in [1.807, 2.05) is 26.0 Å². The van der Waals surface area contributed by atoms with E-state index in [1.54, 1.807) is 0 Å². The molecule has 86 valence electrons. The van der Waals surface area contributed by atoms with Gasteiger partial charge in [-0.3, -0.25) is 4.79 Å². The normalized spacial score (nSPS) is 16.3. The predicted molar refractivity (Wildman–Crippen MR) is 65.3 cm³/mol. The smallest absolute Gasteiger partial charge is 0.240 e. The zero-order valence-corrected chi connectivity index (χ0v) is 9.81. The van der Waals surface area contributed by atoms with Gasteiger partial charge in [-0.25, -0.2) is 0 Å². The number of nitrogens with two attached hydrogens (primary N) is 1. The van der Waals surface area contributed by atoms with Gasteiger partial charge in [0.05, 0.1) is 0 Å². The van der Waals surface area contributed by atoms with Crippen LogP contribution in [0.4, 0.5) is 5.69 Å². The number of fused-ring (bicyclic) bond motifs is 1. The number of carbonyl (C=O) groups is 1. The molecule has 0 saturated heterocycles. The molecule has 0 fully saturated rings. The lowest BCUT2D eigenvalue weighted by atomic mass is 10.0. The van der Waals surface area contributed by atoms with Gasteiger partial charge in [0.15, 0.2) is 0 Å². The molecule has 0 bridgehead atoms. The molecule has 1 amide bonds. The van der Waals surface area contributed by atoms with E-state index in [9.17, 15) is 4.79 Å². The first-order chi connectivity index (χ1) is 7.61. The Bertz CT molecular complexity index is 401. The summed E-state index contributed by atoms with van der Waals surface area (Å²) in [6, 6.07) is 8.05. The number of nitrogens with zero attached hydrogens (tertiary/aromatic N) is 1. The molecule has 3 nitrogen and oxygen atoms in total. The molecule has 2 N–H and O–H groups in total. The summed E-state index contributed by atoms with van der Waals surface area (Å²) in [6.45, 7) is 4.97. The number of primary amides is 1. The van der Waals surface area contributed by atoms with Gasteiger partial charge in [0.1, 0.15) is 6.04 Å². The summed E-state index contributed by atoms with van der Waals surface area (Å²) in [5.74, 6) is 0.00959. The van der Waals surface area contributed by atoms with Crippen LogP contribution in [-0.4, -0.2) is 18.5 Å². The molecule has 0 aromatic heterocycles. The number of anilines is 1. The largest absolute Gasteiger partial charge is 0.368 e. The summed E-state index contributed by atoms with van der Waals surface area (Å²) in [5.41, 5.74) is 7.97. The third kappa shape index (κ3) is 1.77. The van der Waals surface area contributed by atoms with Crippen molar-refractivity contribution in [1.29, 1.82) is 0 Å². The maximum atomic E-state index is 11.5. The molecular formula is C13H18N2O. The second-order valence-electron chi connectivity index (χ2n) is 4.66. The number of rotatable bonds is 3. The van der Waals surface area contributed by atoms with Gasteiger partial charge >= 0.3 is 0 Å². The van der Waals surface area contributed by atoms with Crippen molar-refractivity contribution in [1.82, 2.24) is 0 Å². The highest BCUT2D eigenvalue weighted by atomic mass is 16.1. The van der Waals surface area contributed by atoms with Gasteiger partial charge in [-0.15, -0.1) is 0 Å². The van der Waals surface area contributed by atoms with Gasteiger partial charge in [0.25, 0.3) is 0 Å². The maximum Gasteiger partial charge on any atom is 0.240 e. The van der Waals surface area contributed by atoms with E-state index in [1.165, 1.54) is 11.3 Å². The number of hydrogen-bond acceptors (Lipinski definition) is 2. The highest BCUT2D eigenvalue weighted by Gasteiger charge is 2.31. The Hall–Kier alpha value is -1.51. The molecule has 0 radical (unpaired) electrons. The van der Waals surface area contributed by atoms with Crippen molar-refractivity contribution < 1.29 is 4.79 Å². The van der Waals surface area contributed by atoms with Crippen LogP contribution >= 0.6 is 0 Å². The summed E-state index contributed by atoms with van der Waals surface area (Å²) in [5, 5.41) is 0. The Balaban J connectivity index is 2.33. The first-order valence-corrected chi connectivity index (χ1v) is 5.75. The summed E-state index contributed by atoms with van der Waals surface area (Å²) >= 11 is 0. The molecule has 1 aliphatic heterocycles. The molecule has 1 atom stereocenters. The van der Waals surface area contributed by atoms with Crippen LogP contribution < -0.4 is 10.6 Å². The maximum absolute atomic E-state index is 11.5. The van der Waals surface area contributed by atoms with Gasteiger partial charge in [0, 0.05) is 12.2 Å². The lowest BCUT2D eigenvalue weighted by Crippen LogP contribution is -2.47. The number of benzene rings is 1. The lowest BCUT2D eigenvalue weighted by Gasteiger charge is -2.30. The Morgan fingerprint density at radius 1 is 1.38 bits per heavy atom. The SMILES string of the molecule is CC(C)C(C(N)=O)N1CCc2ccccc21.